The first-order valence-corrected chi connectivity index (χ1v) is 6.34. The molecule has 1 aliphatic rings. The van der Waals surface area contributed by atoms with Crippen LogP contribution in [-0.4, -0.2) is 23.5 Å². The summed E-state index contributed by atoms with van der Waals surface area (Å²) in [6, 6.07) is 1.96. The number of piperidine rings is 1. The lowest BCUT2D eigenvalue weighted by Gasteiger charge is -2.38. The third kappa shape index (κ3) is 2.51. The maximum absolute atomic E-state index is 11.3. The zero-order valence-corrected chi connectivity index (χ0v) is 11.0. The fourth-order valence-electron chi connectivity index (χ4n) is 2.29. The van der Waals surface area contributed by atoms with Crippen LogP contribution in [0.3, 0.4) is 0 Å². The summed E-state index contributed by atoms with van der Waals surface area (Å²) in [6.45, 7) is 2.65. The normalized spacial score (nSPS) is 24.0. The summed E-state index contributed by atoms with van der Waals surface area (Å²) in [6.07, 6.45) is 3.29. The number of primary amides is 1. The molecular formula is C12H17ClN4O. The number of anilines is 2. The molecule has 2 heterocycles. The number of pyridine rings is 1. The molecule has 1 fully saturated rings. The van der Waals surface area contributed by atoms with Crippen molar-refractivity contribution in [2.24, 2.45) is 11.7 Å². The summed E-state index contributed by atoms with van der Waals surface area (Å²) in [5.41, 5.74) is 11.5. The molecule has 1 saturated heterocycles. The molecule has 0 spiro atoms. The van der Waals surface area contributed by atoms with Gasteiger partial charge in [0.05, 0.1) is 22.8 Å². The van der Waals surface area contributed by atoms with Gasteiger partial charge in [-0.3, -0.25) is 4.79 Å². The van der Waals surface area contributed by atoms with Gasteiger partial charge in [0.1, 0.15) is 5.82 Å². The lowest BCUT2D eigenvalue weighted by atomic mass is 9.93. The van der Waals surface area contributed by atoms with E-state index in [1.807, 2.05) is 4.90 Å². The number of nitrogens with two attached hydrogens (primary N) is 2. The molecular weight excluding hydrogens is 252 g/mol. The van der Waals surface area contributed by atoms with Crippen molar-refractivity contribution in [2.45, 2.75) is 25.8 Å². The highest BCUT2D eigenvalue weighted by Crippen LogP contribution is 2.31. The number of halogens is 1. The predicted octanol–water partition coefficient (Wildman–Crippen LogP) is 1.41. The zero-order chi connectivity index (χ0) is 13.3. The second-order valence-electron chi connectivity index (χ2n) is 4.75. The van der Waals surface area contributed by atoms with E-state index in [2.05, 4.69) is 11.9 Å². The summed E-state index contributed by atoms with van der Waals surface area (Å²) in [4.78, 5) is 17.6. The average molecular weight is 269 g/mol. The van der Waals surface area contributed by atoms with Crippen LogP contribution in [-0.2, 0) is 4.79 Å². The highest BCUT2D eigenvalue weighted by atomic mass is 35.5. The number of aromatic nitrogens is 1. The second kappa shape index (κ2) is 5.02. The van der Waals surface area contributed by atoms with Crippen LogP contribution in [0.5, 0.6) is 0 Å². The molecule has 0 saturated carbocycles. The summed E-state index contributed by atoms with van der Waals surface area (Å²) in [5, 5.41) is 0.506. The zero-order valence-electron chi connectivity index (χ0n) is 10.3. The maximum Gasteiger partial charge on any atom is 0.222 e. The van der Waals surface area contributed by atoms with Gasteiger partial charge in [-0.1, -0.05) is 11.6 Å². The first-order valence-electron chi connectivity index (χ1n) is 5.96. The molecule has 5 nitrogen and oxygen atoms in total. The van der Waals surface area contributed by atoms with E-state index in [9.17, 15) is 4.79 Å². The molecule has 0 bridgehead atoms. The smallest absolute Gasteiger partial charge is 0.222 e. The molecule has 0 radical (unpaired) electrons. The molecule has 0 aliphatic carbocycles. The van der Waals surface area contributed by atoms with E-state index in [1.54, 1.807) is 12.3 Å². The molecule has 4 N–H and O–H groups in total. The fraction of sp³-hybridized carbons (Fsp3) is 0.500. The molecule has 1 aromatic heterocycles. The van der Waals surface area contributed by atoms with Gasteiger partial charge in [0, 0.05) is 12.6 Å². The Morgan fingerprint density at radius 1 is 1.56 bits per heavy atom. The first-order chi connectivity index (χ1) is 8.49. The number of amides is 1. The number of carbonyl (C=O) groups excluding carboxylic acids is 1. The minimum absolute atomic E-state index is 0.142. The summed E-state index contributed by atoms with van der Waals surface area (Å²) in [7, 11) is 0. The minimum atomic E-state index is -0.265. The van der Waals surface area contributed by atoms with Gasteiger partial charge < -0.3 is 16.4 Å². The summed E-state index contributed by atoms with van der Waals surface area (Å²) >= 11 is 6.16. The van der Waals surface area contributed by atoms with Gasteiger partial charge in [-0.2, -0.15) is 0 Å². The summed E-state index contributed by atoms with van der Waals surface area (Å²) < 4.78 is 0. The van der Waals surface area contributed by atoms with E-state index >= 15 is 0 Å². The van der Waals surface area contributed by atoms with E-state index in [1.165, 1.54) is 0 Å². The van der Waals surface area contributed by atoms with Crippen molar-refractivity contribution in [1.29, 1.82) is 0 Å². The Labute approximate surface area is 111 Å². The largest absolute Gasteiger partial charge is 0.397 e. The van der Waals surface area contributed by atoms with E-state index in [-0.39, 0.29) is 17.9 Å². The predicted molar refractivity (Wildman–Crippen MR) is 72.4 cm³/mol. The number of nitrogens with zero attached hydrogens (tertiary/aromatic N) is 2. The van der Waals surface area contributed by atoms with Crippen LogP contribution in [0.1, 0.15) is 19.8 Å². The third-order valence-electron chi connectivity index (χ3n) is 3.40. The monoisotopic (exact) mass is 268 g/mol. The molecule has 2 rings (SSSR count). The Hall–Kier alpha value is -1.49. The standard InChI is InChI=1S/C12H17ClN4O/c1-7-2-3-8(11(15)18)6-17(7)12-10(13)4-9(14)5-16-12/h4-5,7-8H,2-3,6,14H2,1H3,(H2,15,18). The molecule has 1 aliphatic heterocycles. The molecule has 98 valence electrons. The van der Waals surface area contributed by atoms with E-state index < -0.39 is 0 Å². The van der Waals surface area contributed by atoms with Crippen LogP contribution in [0.2, 0.25) is 5.02 Å². The van der Waals surface area contributed by atoms with Crippen molar-refractivity contribution in [3.8, 4) is 0 Å². The van der Waals surface area contributed by atoms with Gasteiger partial charge in [0.25, 0.3) is 0 Å². The van der Waals surface area contributed by atoms with E-state index in [0.717, 1.165) is 12.8 Å². The van der Waals surface area contributed by atoms with Crippen LogP contribution in [0, 0.1) is 5.92 Å². The molecule has 2 atom stereocenters. The van der Waals surface area contributed by atoms with Crippen molar-refractivity contribution < 1.29 is 4.79 Å². The van der Waals surface area contributed by atoms with Crippen molar-refractivity contribution in [2.75, 3.05) is 17.2 Å². The van der Waals surface area contributed by atoms with Gasteiger partial charge in [-0.25, -0.2) is 4.98 Å². The lowest BCUT2D eigenvalue weighted by Crippen LogP contribution is -2.46. The Morgan fingerprint density at radius 3 is 2.89 bits per heavy atom. The number of rotatable bonds is 2. The Bertz CT molecular complexity index is 465. The van der Waals surface area contributed by atoms with Gasteiger partial charge in [-0.05, 0) is 25.8 Å². The Morgan fingerprint density at radius 2 is 2.28 bits per heavy atom. The number of carbonyl (C=O) groups is 1. The Kier molecular flexibility index (Phi) is 3.61. The van der Waals surface area contributed by atoms with Gasteiger partial charge in [0.15, 0.2) is 0 Å². The van der Waals surface area contributed by atoms with Crippen molar-refractivity contribution in [1.82, 2.24) is 4.98 Å². The number of nitrogen functional groups attached to an aromatic ring is 1. The molecule has 1 aromatic rings. The number of hydrogen-bond acceptors (Lipinski definition) is 4. The average Bonchev–Trinajstić information content (AvgIpc) is 2.30. The van der Waals surface area contributed by atoms with Crippen molar-refractivity contribution in [3.05, 3.63) is 17.3 Å². The van der Waals surface area contributed by atoms with Gasteiger partial charge >= 0.3 is 0 Å². The molecule has 0 aromatic carbocycles. The lowest BCUT2D eigenvalue weighted by molar-refractivity contribution is -0.122. The van der Waals surface area contributed by atoms with Crippen LogP contribution < -0.4 is 16.4 Å². The van der Waals surface area contributed by atoms with E-state index in [4.69, 9.17) is 23.1 Å². The van der Waals surface area contributed by atoms with Gasteiger partial charge in [-0.15, -0.1) is 0 Å². The van der Waals surface area contributed by atoms with Crippen molar-refractivity contribution >= 4 is 29.0 Å². The minimum Gasteiger partial charge on any atom is -0.397 e. The van der Waals surface area contributed by atoms with E-state index in [0.29, 0.717) is 23.1 Å². The third-order valence-corrected chi connectivity index (χ3v) is 3.68. The van der Waals surface area contributed by atoms with Crippen LogP contribution >= 0.6 is 11.6 Å². The van der Waals surface area contributed by atoms with Crippen LogP contribution in [0.4, 0.5) is 11.5 Å². The van der Waals surface area contributed by atoms with Gasteiger partial charge in [0.2, 0.25) is 5.91 Å². The second-order valence-corrected chi connectivity index (χ2v) is 5.16. The Balaban J connectivity index is 2.26. The van der Waals surface area contributed by atoms with Crippen molar-refractivity contribution in [3.63, 3.8) is 0 Å². The maximum atomic E-state index is 11.3. The molecule has 18 heavy (non-hydrogen) atoms. The molecule has 1 amide bonds. The number of hydrogen-bond donors (Lipinski definition) is 2. The quantitative estimate of drug-likeness (QED) is 0.849. The molecule has 6 heteroatoms. The topological polar surface area (TPSA) is 85.2 Å². The molecule has 2 unspecified atom stereocenters. The first kappa shape index (κ1) is 13.0. The van der Waals surface area contributed by atoms with Crippen LogP contribution in [0.15, 0.2) is 12.3 Å². The fourth-order valence-corrected chi connectivity index (χ4v) is 2.57. The highest BCUT2D eigenvalue weighted by Gasteiger charge is 2.30. The summed E-state index contributed by atoms with van der Waals surface area (Å²) in [5.74, 6) is 0.263. The van der Waals surface area contributed by atoms with Crippen LogP contribution in [0.25, 0.3) is 0 Å². The SMILES string of the molecule is CC1CCC(C(N)=O)CN1c1ncc(N)cc1Cl. The highest BCUT2D eigenvalue weighted by molar-refractivity contribution is 6.33.